The second kappa shape index (κ2) is 8.01. The SMILES string of the molecule is Cc1cccc(/C=N\NC(=O)[C@H](C)Sc2ccc(Cl)cc2)c1. The molecular formula is C17H17ClN2OS. The van der Waals surface area contributed by atoms with Gasteiger partial charge in [-0.3, -0.25) is 4.79 Å². The van der Waals surface area contributed by atoms with Crippen molar-refractivity contribution < 1.29 is 4.79 Å². The van der Waals surface area contributed by atoms with Crippen molar-refractivity contribution in [1.29, 1.82) is 0 Å². The van der Waals surface area contributed by atoms with E-state index in [1.165, 1.54) is 11.8 Å². The van der Waals surface area contributed by atoms with Crippen molar-refractivity contribution in [2.45, 2.75) is 24.0 Å². The number of aryl methyl sites for hydroxylation is 1. The number of rotatable bonds is 5. The fourth-order valence-corrected chi connectivity index (χ4v) is 2.77. The van der Waals surface area contributed by atoms with Crippen LogP contribution >= 0.6 is 23.4 Å². The van der Waals surface area contributed by atoms with Crippen LogP contribution in [0.4, 0.5) is 0 Å². The minimum atomic E-state index is -0.240. The monoisotopic (exact) mass is 332 g/mol. The van der Waals surface area contributed by atoms with E-state index in [4.69, 9.17) is 11.6 Å². The number of hydrogen-bond donors (Lipinski definition) is 1. The summed E-state index contributed by atoms with van der Waals surface area (Å²) in [6.45, 7) is 3.86. The second-order valence-corrected chi connectivity index (χ2v) is 6.71. The van der Waals surface area contributed by atoms with Crippen molar-refractivity contribution in [2.24, 2.45) is 5.10 Å². The van der Waals surface area contributed by atoms with Crippen molar-refractivity contribution in [1.82, 2.24) is 5.43 Å². The van der Waals surface area contributed by atoms with E-state index in [2.05, 4.69) is 10.5 Å². The predicted molar refractivity (Wildman–Crippen MR) is 93.7 cm³/mol. The highest BCUT2D eigenvalue weighted by Gasteiger charge is 2.13. The van der Waals surface area contributed by atoms with Crippen LogP contribution in [0.3, 0.4) is 0 Å². The molecule has 3 nitrogen and oxygen atoms in total. The second-order valence-electron chi connectivity index (χ2n) is 4.86. The van der Waals surface area contributed by atoms with Gasteiger partial charge in [-0.1, -0.05) is 41.4 Å². The van der Waals surface area contributed by atoms with Crippen LogP contribution < -0.4 is 5.43 Å². The van der Waals surface area contributed by atoms with Gasteiger partial charge in [-0.15, -0.1) is 11.8 Å². The van der Waals surface area contributed by atoms with Gasteiger partial charge in [0.15, 0.2) is 0 Å². The molecule has 114 valence electrons. The molecule has 0 saturated carbocycles. The van der Waals surface area contributed by atoms with Gasteiger partial charge in [-0.2, -0.15) is 5.10 Å². The third-order valence-electron chi connectivity index (χ3n) is 2.93. The summed E-state index contributed by atoms with van der Waals surface area (Å²) >= 11 is 7.31. The number of hydrazone groups is 1. The largest absolute Gasteiger partial charge is 0.272 e. The number of nitrogens with one attached hydrogen (secondary N) is 1. The average Bonchev–Trinajstić information content (AvgIpc) is 2.49. The summed E-state index contributed by atoms with van der Waals surface area (Å²) < 4.78 is 0. The fraction of sp³-hybridized carbons (Fsp3) is 0.176. The van der Waals surface area contributed by atoms with Gasteiger partial charge in [-0.25, -0.2) is 5.43 Å². The van der Waals surface area contributed by atoms with Gasteiger partial charge >= 0.3 is 0 Å². The van der Waals surface area contributed by atoms with Crippen LogP contribution in [0.15, 0.2) is 58.5 Å². The number of halogens is 1. The summed E-state index contributed by atoms with van der Waals surface area (Å²) in [5.74, 6) is -0.135. The Bertz CT molecular complexity index is 671. The van der Waals surface area contributed by atoms with E-state index < -0.39 is 0 Å². The topological polar surface area (TPSA) is 41.5 Å². The lowest BCUT2D eigenvalue weighted by molar-refractivity contribution is -0.120. The molecule has 1 N–H and O–H groups in total. The van der Waals surface area contributed by atoms with Crippen molar-refractivity contribution in [3.63, 3.8) is 0 Å². The first-order valence-electron chi connectivity index (χ1n) is 6.86. The van der Waals surface area contributed by atoms with E-state index in [1.807, 2.05) is 62.4 Å². The predicted octanol–water partition coefficient (Wildman–Crippen LogP) is 4.28. The normalized spacial score (nSPS) is 12.3. The van der Waals surface area contributed by atoms with Crippen molar-refractivity contribution >= 4 is 35.5 Å². The molecule has 0 saturated heterocycles. The van der Waals surface area contributed by atoms with Gasteiger partial charge in [0.2, 0.25) is 0 Å². The molecule has 0 aromatic heterocycles. The number of carbonyl (C=O) groups excluding carboxylic acids is 1. The molecule has 0 radical (unpaired) electrons. The van der Waals surface area contributed by atoms with Crippen molar-refractivity contribution in [3.8, 4) is 0 Å². The smallest absolute Gasteiger partial charge is 0.253 e. The number of benzene rings is 2. The van der Waals surface area contributed by atoms with E-state index in [-0.39, 0.29) is 11.2 Å². The highest BCUT2D eigenvalue weighted by atomic mass is 35.5. The highest BCUT2D eigenvalue weighted by Crippen LogP contribution is 2.24. The van der Waals surface area contributed by atoms with E-state index in [9.17, 15) is 4.79 Å². The fourth-order valence-electron chi connectivity index (χ4n) is 1.78. The summed E-state index contributed by atoms with van der Waals surface area (Å²) in [7, 11) is 0. The average molecular weight is 333 g/mol. The van der Waals surface area contributed by atoms with Gasteiger partial charge in [0, 0.05) is 9.92 Å². The zero-order chi connectivity index (χ0) is 15.9. The number of carbonyl (C=O) groups is 1. The number of thioether (sulfide) groups is 1. The molecule has 0 unspecified atom stereocenters. The molecule has 2 aromatic rings. The third-order valence-corrected chi connectivity index (χ3v) is 4.29. The van der Waals surface area contributed by atoms with Crippen LogP contribution in [0, 0.1) is 6.92 Å². The lowest BCUT2D eigenvalue weighted by Gasteiger charge is -2.09. The minimum Gasteiger partial charge on any atom is -0.272 e. The Morgan fingerprint density at radius 1 is 1.27 bits per heavy atom. The maximum absolute atomic E-state index is 12.0. The van der Waals surface area contributed by atoms with E-state index >= 15 is 0 Å². The molecule has 22 heavy (non-hydrogen) atoms. The molecule has 1 atom stereocenters. The number of amides is 1. The molecule has 0 aliphatic carbocycles. The third kappa shape index (κ3) is 5.20. The standard InChI is InChI=1S/C17H17ClN2OS/c1-12-4-3-5-14(10-12)11-19-20-17(21)13(2)22-16-8-6-15(18)7-9-16/h3-11,13H,1-2H3,(H,20,21)/b19-11-/t13-/m0/s1. The molecule has 0 heterocycles. The zero-order valence-electron chi connectivity index (χ0n) is 12.4. The van der Waals surface area contributed by atoms with E-state index in [0.717, 1.165) is 16.0 Å². The molecule has 0 bridgehead atoms. The number of nitrogens with zero attached hydrogens (tertiary/aromatic N) is 1. The Balaban J connectivity index is 1.87. The van der Waals surface area contributed by atoms with Gasteiger partial charge in [0.1, 0.15) is 0 Å². The quantitative estimate of drug-likeness (QED) is 0.504. The summed E-state index contributed by atoms with van der Waals surface area (Å²) in [6.07, 6.45) is 1.64. The van der Waals surface area contributed by atoms with Crippen LogP contribution in [-0.4, -0.2) is 17.4 Å². The van der Waals surface area contributed by atoms with Gasteiger partial charge in [0.25, 0.3) is 5.91 Å². The summed E-state index contributed by atoms with van der Waals surface area (Å²) in [5.41, 5.74) is 4.68. The molecule has 0 aliphatic rings. The van der Waals surface area contributed by atoms with Gasteiger partial charge in [-0.05, 0) is 43.7 Å². The van der Waals surface area contributed by atoms with Crippen LogP contribution in [0.2, 0.25) is 5.02 Å². The van der Waals surface area contributed by atoms with Crippen LogP contribution in [0.5, 0.6) is 0 Å². The molecule has 1 amide bonds. The van der Waals surface area contributed by atoms with Gasteiger partial charge < -0.3 is 0 Å². The summed E-state index contributed by atoms with van der Waals surface area (Å²) in [6, 6.07) is 15.3. The Morgan fingerprint density at radius 2 is 2.00 bits per heavy atom. The van der Waals surface area contributed by atoms with Crippen molar-refractivity contribution in [2.75, 3.05) is 0 Å². The Kier molecular flexibility index (Phi) is 6.04. The first-order chi connectivity index (χ1) is 10.5. The van der Waals surface area contributed by atoms with Crippen LogP contribution in [0.25, 0.3) is 0 Å². The maximum Gasteiger partial charge on any atom is 0.253 e. The molecule has 2 rings (SSSR count). The maximum atomic E-state index is 12.0. The summed E-state index contributed by atoms with van der Waals surface area (Å²) in [5, 5.41) is 4.44. The highest BCUT2D eigenvalue weighted by molar-refractivity contribution is 8.00. The molecule has 2 aromatic carbocycles. The first kappa shape index (κ1) is 16.6. The van der Waals surface area contributed by atoms with Gasteiger partial charge in [0.05, 0.1) is 11.5 Å². The molecule has 0 spiro atoms. The Labute approximate surface area is 139 Å². The molecular weight excluding hydrogens is 316 g/mol. The summed E-state index contributed by atoms with van der Waals surface area (Å²) in [4.78, 5) is 13.0. The van der Waals surface area contributed by atoms with Crippen LogP contribution in [0.1, 0.15) is 18.1 Å². The lowest BCUT2D eigenvalue weighted by Crippen LogP contribution is -2.26. The van der Waals surface area contributed by atoms with Crippen LogP contribution in [-0.2, 0) is 4.79 Å². The van der Waals surface area contributed by atoms with Crippen molar-refractivity contribution in [3.05, 3.63) is 64.7 Å². The molecule has 0 fully saturated rings. The molecule has 5 heteroatoms. The van der Waals surface area contributed by atoms with E-state index in [0.29, 0.717) is 5.02 Å². The zero-order valence-corrected chi connectivity index (χ0v) is 14.0. The Hall–Kier alpha value is -1.78. The first-order valence-corrected chi connectivity index (χ1v) is 8.12. The van der Waals surface area contributed by atoms with E-state index in [1.54, 1.807) is 6.21 Å². The number of hydrogen-bond acceptors (Lipinski definition) is 3. The molecule has 0 aliphatic heterocycles. The minimum absolute atomic E-state index is 0.135. The Morgan fingerprint density at radius 3 is 2.68 bits per heavy atom. The lowest BCUT2D eigenvalue weighted by atomic mass is 10.2.